The van der Waals surface area contributed by atoms with E-state index in [1.54, 1.807) is 18.2 Å². The highest BCUT2D eigenvalue weighted by molar-refractivity contribution is 6.36. The zero-order chi connectivity index (χ0) is 14.5. The van der Waals surface area contributed by atoms with Gasteiger partial charge in [0.25, 0.3) is 5.91 Å². The molecule has 1 fully saturated rings. The van der Waals surface area contributed by atoms with Crippen LogP contribution in [0.25, 0.3) is 0 Å². The van der Waals surface area contributed by atoms with Crippen molar-refractivity contribution in [2.24, 2.45) is 5.92 Å². The molecule has 2 rings (SSSR count). The molecule has 0 aromatic heterocycles. The molecule has 1 N–H and O–H groups in total. The number of nitrogens with one attached hydrogen (secondary N) is 1. The van der Waals surface area contributed by atoms with Crippen LogP contribution in [0, 0.1) is 5.92 Å². The summed E-state index contributed by atoms with van der Waals surface area (Å²) in [6, 6.07) is 5.03. The van der Waals surface area contributed by atoms with Crippen LogP contribution in [0.5, 0.6) is 0 Å². The summed E-state index contributed by atoms with van der Waals surface area (Å²) in [6.45, 7) is 5.53. The van der Waals surface area contributed by atoms with Crippen molar-refractivity contribution in [3.63, 3.8) is 0 Å². The molecule has 0 aliphatic carbocycles. The van der Waals surface area contributed by atoms with Gasteiger partial charge in [0.15, 0.2) is 0 Å². The van der Waals surface area contributed by atoms with Gasteiger partial charge in [-0.3, -0.25) is 4.79 Å². The van der Waals surface area contributed by atoms with Gasteiger partial charge in [-0.2, -0.15) is 0 Å². The smallest absolute Gasteiger partial charge is 0.255 e. The van der Waals surface area contributed by atoms with E-state index in [0.29, 0.717) is 28.1 Å². The van der Waals surface area contributed by atoms with E-state index < -0.39 is 0 Å². The molecule has 3 nitrogen and oxygen atoms in total. The third-order valence-electron chi connectivity index (χ3n) is 3.71. The van der Waals surface area contributed by atoms with Crippen molar-refractivity contribution in [2.45, 2.75) is 19.8 Å². The van der Waals surface area contributed by atoms with Crippen molar-refractivity contribution in [1.29, 1.82) is 0 Å². The van der Waals surface area contributed by atoms with E-state index in [1.807, 2.05) is 11.8 Å². The molecule has 5 heteroatoms. The minimum Gasteiger partial charge on any atom is -0.339 e. The van der Waals surface area contributed by atoms with E-state index in [4.69, 9.17) is 23.2 Å². The maximum atomic E-state index is 12.6. The lowest BCUT2D eigenvalue weighted by Gasteiger charge is -2.29. The van der Waals surface area contributed by atoms with Gasteiger partial charge in [0.2, 0.25) is 0 Å². The van der Waals surface area contributed by atoms with Gasteiger partial charge in [0.1, 0.15) is 0 Å². The number of hydrogen-bond donors (Lipinski definition) is 1. The van der Waals surface area contributed by atoms with Gasteiger partial charge in [0.05, 0.1) is 10.6 Å². The normalized spacial score (nSPS) is 18.9. The quantitative estimate of drug-likeness (QED) is 0.923. The molecule has 0 spiro atoms. The molecule has 1 heterocycles. The maximum absolute atomic E-state index is 12.6. The van der Waals surface area contributed by atoms with Crippen molar-refractivity contribution in [3.8, 4) is 0 Å². The van der Waals surface area contributed by atoms with Crippen LogP contribution in [0.4, 0.5) is 0 Å². The van der Waals surface area contributed by atoms with Crippen molar-refractivity contribution in [2.75, 3.05) is 26.2 Å². The molecule has 1 aromatic carbocycles. The van der Waals surface area contributed by atoms with Crippen molar-refractivity contribution >= 4 is 29.1 Å². The zero-order valence-corrected chi connectivity index (χ0v) is 13.2. The Balaban J connectivity index is 2.07. The second-order valence-electron chi connectivity index (χ2n) is 5.18. The summed E-state index contributed by atoms with van der Waals surface area (Å²) in [7, 11) is 0. The molecule has 20 heavy (non-hydrogen) atoms. The van der Waals surface area contributed by atoms with Crippen LogP contribution < -0.4 is 5.32 Å². The fraction of sp³-hybridized carbons (Fsp3) is 0.533. The topological polar surface area (TPSA) is 32.3 Å². The molecular weight excluding hydrogens is 295 g/mol. The van der Waals surface area contributed by atoms with Gasteiger partial charge in [-0.05, 0) is 57.0 Å². The first-order valence-corrected chi connectivity index (χ1v) is 7.82. The molecular formula is C15H20Cl2N2O. The predicted octanol–water partition coefficient (Wildman–Crippen LogP) is 3.46. The number of rotatable bonds is 4. The maximum Gasteiger partial charge on any atom is 0.255 e. The van der Waals surface area contributed by atoms with Crippen LogP contribution in [0.1, 0.15) is 30.1 Å². The van der Waals surface area contributed by atoms with Gasteiger partial charge in [0, 0.05) is 18.1 Å². The molecule has 1 atom stereocenters. The first kappa shape index (κ1) is 15.6. The molecule has 1 aromatic rings. The lowest BCUT2D eigenvalue weighted by atomic mass is 9.98. The van der Waals surface area contributed by atoms with E-state index in [-0.39, 0.29) is 5.91 Å². The number of hydrogen-bond acceptors (Lipinski definition) is 2. The van der Waals surface area contributed by atoms with Crippen LogP contribution in [-0.2, 0) is 0 Å². The van der Waals surface area contributed by atoms with E-state index >= 15 is 0 Å². The predicted molar refractivity (Wildman–Crippen MR) is 83.6 cm³/mol. The molecule has 0 radical (unpaired) electrons. The fourth-order valence-corrected chi connectivity index (χ4v) is 3.07. The lowest BCUT2D eigenvalue weighted by Crippen LogP contribution is -2.41. The Morgan fingerprint density at radius 1 is 1.45 bits per heavy atom. The van der Waals surface area contributed by atoms with Crippen molar-refractivity contribution in [1.82, 2.24) is 10.2 Å². The van der Waals surface area contributed by atoms with E-state index in [1.165, 1.54) is 12.8 Å². The van der Waals surface area contributed by atoms with Crippen LogP contribution in [0.2, 0.25) is 10.0 Å². The average Bonchev–Trinajstić information content (AvgIpc) is 2.45. The second kappa shape index (κ2) is 7.30. The second-order valence-corrected chi connectivity index (χ2v) is 6.02. The van der Waals surface area contributed by atoms with E-state index in [9.17, 15) is 4.79 Å². The molecule has 0 bridgehead atoms. The third kappa shape index (κ3) is 3.87. The van der Waals surface area contributed by atoms with Crippen LogP contribution in [0.3, 0.4) is 0 Å². The van der Waals surface area contributed by atoms with E-state index in [2.05, 4.69) is 5.32 Å². The van der Waals surface area contributed by atoms with Gasteiger partial charge in [-0.15, -0.1) is 0 Å². The fourth-order valence-electron chi connectivity index (χ4n) is 2.58. The third-order valence-corrected chi connectivity index (χ3v) is 4.26. The summed E-state index contributed by atoms with van der Waals surface area (Å²) in [5.41, 5.74) is 0.529. The van der Waals surface area contributed by atoms with Gasteiger partial charge in [-0.25, -0.2) is 0 Å². The standard InChI is InChI=1S/C15H20Cl2N2O/c1-2-19(10-11-4-3-7-18-9-11)15(20)13-6-5-12(16)8-14(13)17/h5-6,8,11,18H,2-4,7,9-10H2,1H3. The van der Waals surface area contributed by atoms with Gasteiger partial charge in [-0.1, -0.05) is 23.2 Å². The summed E-state index contributed by atoms with van der Waals surface area (Å²) < 4.78 is 0. The number of benzene rings is 1. The molecule has 1 aliphatic rings. The minimum atomic E-state index is -0.0141. The Kier molecular flexibility index (Phi) is 5.70. The average molecular weight is 315 g/mol. The summed E-state index contributed by atoms with van der Waals surface area (Å²) in [5, 5.41) is 4.35. The van der Waals surface area contributed by atoms with E-state index in [0.717, 1.165) is 19.6 Å². The minimum absolute atomic E-state index is 0.0141. The Morgan fingerprint density at radius 3 is 2.85 bits per heavy atom. The molecule has 1 aliphatic heterocycles. The molecule has 1 saturated heterocycles. The molecule has 1 unspecified atom stereocenters. The van der Waals surface area contributed by atoms with Crippen molar-refractivity contribution in [3.05, 3.63) is 33.8 Å². The van der Waals surface area contributed by atoms with Crippen molar-refractivity contribution < 1.29 is 4.79 Å². The first-order valence-electron chi connectivity index (χ1n) is 7.07. The SMILES string of the molecule is CCN(CC1CCCNC1)C(=O)c1ccc(Cl)cc1Cl. The highest BCUT2D eigenvalue weighted by Gasteiger charge is 2.22. The number of carbonyl (C=O) groups excluding carboxylic acids is 1. The number of carbonyl (C=O) groups is 1. The largest absolute Gasteiger partial charge is 0.339 e. The zero-order valence-electron chi connectivity index (χ0n) is 11.7. The first-order chi connectivity index (χ1) is 9.61. The highest BCUT2D eigenvalue weighted by Crippen LogP contribution is 2.23. The lowest BCUT2D eigenvalue weighted by molar-refractivity contribution is 0.0729. The number of piperidine rings is 1. The summed E-state index contributed by atoms with van der Waals surface area (Å²) in [5.74, 6) is 0.512. The Bertz CT molecular complexity index is 473. The van der Waals surface area contributed by atoms with Crippen LogP contribution in [0.15, 0.2) is 18.2 Å². The van der Waals surface area contributed by atoms with Gasteiger partial charge < -0.3 is 10.2 Å². The number of amides is 1. The summed E-state index contributed by atoms with van der Waals surface area (Å²) in [4.78, 5) is 14.4. The Hall–Kier alpha value is -0.770. The monoisotopic (exact) mass is 314 g/mol. The molecule has 1 amide bonds. The molecule has 0 saturated carbocycles. The number of halogens is 2. The molecule has 110 valence electrons. The van der Waals surface area contributed by atoms with Gasteiger partial charge >= 0.3 is 0 Å². The summed E-state index contributed by atoms with van der Waals surface area (Å²) in [6.07, 6.45) is 2.35. The van der Waals surface area contributed by atoms with Crippen LogP contribution >= 0.6 is 23.2 Å². The number of nitrogens with zero attached hydrogens (tertiary/aromatic N) is 1. The Morgan fingerprint density at radius 2 is 2.25 bits per heavy atom. The highest BCUT2D eigenvalue weighted by atomic mass is 35.5. The summed E-state index contributed by atoms with van der Waals surface area (Å²) >= 11 is 12.0. The Labute approximate surface area is 130 Å². The van der Waals surface area contributed by atoms with Crippen LogP contribution in [-0.4, -0.2) is 37.0 Å².